The molecule has 0 aliphatic carbocycles. The molecule has 1 aromatic carbocycles. The van der Waals surface area contributed by atoms with Crippen LogP contribution in [0.1, 0.15) is 22.3 Å². The highest BCUT2D eigenvalue weighted by atomic mass is 19.1. The summed E-state index contributed by atoms with van der Waals surface area (Å²) in [5.74, 6) is -1.63. The van der Waals surface area contributed by atoms with Crippen LogP contribution in [0.2, 0.25) is 0 Å². The zero-order chi connectivity index (χ0) is 14.4. The van der Waals surface area contributed by atoms with E-state index in [2.05, 4.69) is 5.32 Å². The van der Waals surface area contributed by atoms with Gasteiger partial charge in [-0.1, -0.05) is 0 Å². The average molecular weight is 268 g/mol. The normalized spacial score (nSPS) is 10.5. The maximum Gasteiger partial charge on any atom is 0.335 e. The first-order valence-corrected chi connectivity index (χ1v) is 5.85. The molecule has 0 bridgehead atoms. The lowest BCUT2D eigenvalue weighted by Gasteiger charge is -2.16. The summed E-state index contributed by atoms with van der Waals surface area (Å²) < 4.78 is 13.6. The van der Waals surface area contributed by atoms with Crippen molar-refractivity contribution < 1.29 is 19.1 Å². The van der Waals surface area contributed by atoms with Crippen LogP contribution in [0.15, 0.2) is 18.2 Å². The number of aromatic carboxylic acids is 1. The molecule has 2 N–H and O–H groups in total. The number of hydrogen-bond donors (Lipinski definition) is 2. The van der Waals surface area contributed by atoms with E-state index in [1.807, 2.05) is 0 Å². The number of hydrogen-bond acceptors (Lipinski definition) is 3. The Morgan fingerprint density at radius 2 is 2.11 bits per heavy atom. The Hall–Kier alpha value is -1.95. The van der Waals surface area contributed by atoms with Crippen molar-refractivity contribution in [2.24, 2.45) is 0 Å². The van der Waals surface area contributed by atoms with Gasteiger partial charge in [0.25, 0.3) is 0 Å². The van der Waals surface area contributed by atoms with Gasteiger partial charge >= 0.3 is 5.97 Å². The van der Waals surface area contributed by atoms with Gasteiger partial charge in [-0.3, -0.25) is 4.79 Å². The second-order valence-electron chi connectivity index (χ2n) is 4.27. The van der Waals surface area contributed by atoms with Crippen molar-refractivity contribution in [3.63, 3.8) is 0 Å². The smallest absolute Gasteiger partial charge is 0.335 e. The van der Waals surface area contributed by atoms with E-state index in [-0.39, 0.29) is 18.0 Å². The third kappa shape index (κ3) is 4.67. The summed E-state index contributed by atoms with van der Waals surface area (Å²) in [4.78, 5) is 23.7. The fourth-order valence-corrected chi connectivity index (χ4v) is 1.62. The third-order valence-electron chi connectivity index (χ3n) is 2.73. The van der Waals surface area contributed by atoms with Crippen LogP contribution < -0.4 is 5.32 Å². The number of carbonyl (C=O) groups is 2. The number of carboxylic acids is 1. The summed E-state index contributed by atoms with van der Waals surface area (Å²) in [5, 5.41) is 11.4. The van der Waals surface area contributed by atoms with Crippen LogP contribution in [0.4, 0.5) is 4.39 Å². The largest absolute Gasteiger partial charge is 0.478 e. The molecule has 1 amide bonds. The predicted octanol–water partition coefficient (Wildman–Crippen LogP) is 1.09. The van der Waals surface area contributed by atoms with Gasteiger partial charge in [-0.05, 0) is 25.2 Å². The van der Waals surface area contributed by atoms with Crippen LogP contribution >= 0.6 is 0 Å². The number of nitrogens with zero attached hydrogens (tertiary/aromatic N) is 1. The van der Waals surface area contributed by atoms with Crippen molar-refractivity contribution in [1.82, 2.24) is 10.2 Å². The Morgan fingerprint density at radius 1 is 1.42 bits per heavy atom. The summed E-state index contributed by atoms with van der Waals surface area (Å²) in [7, 11) is 3.30. The molecule has 0 saturated carbocycles. The van der Waals surface area contributed by atoms with Crippen molar-refractivity contribution in [2.45, 2.75) is 13.0 Å². The van der Waals surface area contributed by atoms with Crippen LogP contribution in [0, 0.1) is 5.82 Å². The van der Waals surface area contributed by atoms with Gasteiger partial charge in [-0.15, -0.1) is 0 Å². The highest BCUT2D eigenvalue weighted by Gasteiger charge is 2.11. The fraction of sp³-hybridized carbons (Fsp3) is 0.385. The standard InChI is InChI=1S/C13H17FN2O3/c1-15-12(17)5-6-16(2)8-10-7-9(13(18)19)3-4-11(10)14/h3-4,7H,5-6,8H2,1-2H3,(H,15,17)(H,18,19). The lowest BCUT2D eigenvalue weighted by atomic mass is 10.1. The van der Waals surface area contributed by atoms with E-state index in [9.17, 15) is 14.0 Å². The Labute approximate surface area is 111 Å². The van der Waals surface area contributed by atoms with Crippen molar-refractivity contribution in [3.05, 3.63) is 35.1 Å². The van der Waals surface area contributed by atoms with E-state index < -0.39 is 11.8 Å². The van der Waals surface area contributed by atoms with Crippen molar-refractivity contribution >= 4 is 11.9 Å². The Morgan fingerprint density at radius 3 is 2.68 bits per heavy atom. The maximum absolute atomic E-state index is 13.6. The zero-order valence-electron chi connectivity index (χ0n) is 10.9. The van der Waals surface area contributed by atoms with E-state index in [1.54, 1.807) is 19.0 Å². The van der Waals surface area contributed by atoms with E-state index in [4.69, 9.17) is 5.11 Å². The van der Waals surface area contributed by atoms with Crippen molar-refractivity contribution in [1.29, 1.82) is 0 Å². The van der Waals surface area contributed by atoms with Gasteiger partial charge in [0.1, 0.15) is 5.82 Å². The number of amides is 1. The topological polar surface area (TPSA) is 69.6 Å². The molecule has 0 radical (unpaired) electrons. The number of nitrogens with one attached hydrogen (secondary N) is 1. The molecule has 1 aromatic rings. The molecule has 1 rings (SSSR count). The monoisotopic (exact) mass is 268 g/mol. The van der Waals surface area contributed by atoms with Crippen LogP contribution in [-0.2, 0) is 11.3 Å². The van der Waals surface area contributed by atoms with E-state index in [0.29, 0.717) is 18.5 Å². The number of carboxylic acid groups (broad SMARTS) is 1. The Bertz CT molecular complexity index is 477. The molecule has 0 fully saturated rings. The molecule has 0 aliphatic heterocycles. The maximum atomic E-state index is 13.6. The Kier molecular flexibility index (Phi) is 5.44. The van der Waals surface area contributed by atoms with E-state index in [1.165, 1.54) is 12.1 Å². The molecule has 0 unspecified atom stereocenters. The molecule has 0 aromatic heterocycles. The van der Waals surface area contributed by atoms with Gasteiger partial charge in [0.05, 0.1) is 5.56 Å². The highest BCUT2D eigenvalue weighted by Crippen LogP contribution is 2.13. The molecule has 0 aliphatic rings. The van der Waals surface area contributed by atoms with Crippen LogP contribution in [0.5, 0.6) is 0 Å². The average Bonchev–Trinajstić information content (AvgIpc) is 2.38. The van der Waals surface area contributed by atoms with Gasteiger partial charge in [-0.25, -0.2) is 9.18 Å². The molecular formula is C13H17FN2O3. The molecule has 0 atom stereocenters. The second-order valence-corrected chi connectivity index (χ2v) is 4.27. The zero-order valence-corrected chi connectivity index (χ0v) is 10.9. The summed E-state index contributed by atoms with van der Waals surface area (Å²) in [5.41, 5.74) is 0.357. The van der Waals surface area contributed by atoms with Crippen molar-refractivity contribution in [3.8, 4) is 0 Å². The lowest BCUT2D eigenvalue weighted by molar-refractivity contribution is -0.120. The molecular weight excluding hydrogens is 251 g/mol. The molecule has 104 valence electrons. The quantitative estimate of drug-likeness (QED) is 0.810. The summed E-state index contributed by atoms with van der Waals surface area (Å²) in [6.07, 6.45) is 0.313. The SMILES string of the molecule is CNC(=O)CCN(C)Cc1cc(C(=O)O)ccc1F. The lowest BCUT2D eigenvalue weighted by Crippen LogP contribution is -2.26. The molecule has 6 heteroatoms. The third-order valence-corrected chi connectivity index (χ3v) is 2.73. The number of benzene rings is 1. The molecule has 5 nitrogen and oxygen atoms in total. The molecule has 0 spiro atoms. The van der Waals surface area contributed by atoms with Crippen LogP contribution in [0.3, 0.4) is 0 Å². The second kappa shape index (κ2) is 6.84. The minimum atomic E-state index is -1.09. The minimum Gasteiger partial charge on any atom is -0.478 e. The number of carbonyl (C=O) groups excluding carboxylic acids is 1. The number of rotatable bonds is 6. The van der Waals surface area contributed by atoms with Crippen LogP contribution in [0.25, 0.3) is 0 Å². The first-order valence-electron chi connectivity index (χ1n) is 5.85. The van der Waals surface area contributed by atoms with E-state index >= 15 is 0 Å². The summed E-state index contributed by atoms with van der Waals surface area (Å²) in [6.45, 7) is 0.723. The minimum absolute atomic E-state index is 0.0519. The number of halogens is 1. The van der Waals surface area contributed by atoms with Crippen molar-refractivity contribution in [2.75, 3.05) is 20.6 Å². The molecule has 0 heterocycles. The summed E-state index contributed by atoms with van der Waals surface area (Å²) >= 11 is 0. The summed E-state index contributed by atoms with van der Waals surface area (Å²) in [6, 6.07) is 3.69. The molecule has 19 heavy (non-hydrogen) atoms. The van der Waals surface area contributed by atoms with Gasteiger partial charge in [0, 0.05) is 32.1 Å². The van der Waals surface area contributed by atoms with Gasteiger partial charge in [0.15, 0.2) is 0 Å². The van der Waals surface area contributed by atoms with Gasteiger partial charge < -0.3 is 15.3 Å². The fourth-order valence-electron chi connectivity index (χ4n) is 1.62. The highest BCUT2D eigenvalue weighted by molar-refractivity contribution is 5.87. The van der Waals surface area contributed by atoms with E-state index in [0.717, 1.165) is 6.07 Å². The Balaban J connectivity index is 2.67. The first-order chi connectivity index (χ1) is 8.93. The van der Waals surface area contributed by atoms with Gasteiger partial charge in [0.2, 0.25) is 5.91 Å². The van der Waals surface area contributed by atoms with Crippen LogP contribution in [-0.4, -0.2) is 42.5 Å². The predicted molar refractivity (Wildman–Crippen MR) is 68.4 cm³/mol. The first kappa shape index (κ1) is 15.1. The molecule has 0 saturated heterocycles. The van der Waals surface area contributed by atoms with Gasteiger partial charge in [-0.2, -0.15) is 0 Å².